The highest BCUT2D eigenvalue weighted by molar-refractivity contribution is 5.92. The summed E-state index contributed by atoms with van der Waals surface area (Å²) in [6.45, 7) is 0.840. The Kier molecular flexibility index (Phi) is 6.49. The lowest BCUT2D eigenvalue weighted by molar-refractivity contribution is -0.141. The van der Waals surface area contributed by atoms with Gasteiger partial charge in [-0.3, -0.25) is 19.1 Å². The molecule has 2 N–H and O–H groups in total. The van der Waals surface area contributed by atoms with E-state index in [9.17, 15) is 18.0 Å². The largest absolute Gasteiger partial charge is 0.433 e. The van der Waals surface area contributed by atoms with Gasteiger partial charge >= 0.3 is 6.18 Å². The molecule has 0 aliphatic carbocycles. The molecule has 1 aromatic carbocycles. The van der Waals surface area contributed by atoms with E-state index in [-0.39, 0.29) is 0 Å². The zero-order valence-electron chi connectivity index (χ0n) is 18.5. The van der Waals surface area contributed by atoms with Crippen LogP contribution in [0.4, 0.5) is 13.2 Å². The van der Waals surface area contributed by atoms with E-state index in [1.54, 1.807) is 19.2 Å². The van der Waals surface area contributed by atoms with E-state index >= 15 is 0 Å². The molecule has 34 heavy (non-hydrogen) atoms. The fourth-order valence-electron chi connectivity index (χ4n) is 3.75. The quantitative estimate of drug-likeness (QED) is 0.480. The molecule has 0 spiro atoms. The Morgan fingerprint density at radius 1 is 0.971 bits per heavy atom. The number of primary amides is 1. The highest BCUT2D eigenvalue weighted by atomic mass is 19.4. The summed E-state index contributed by atoms with van der Waals surface area (Å²) >= 11 is 0. The Morgan fingerprint density at radius 2 is 1.71 bits per heavy atom. The predicted octanol–water partition coefficient (Wildman–Crippen LogP) is 4.49. The lowest BCUT2D eigenvalue weighted by Crippen LogP contribution is -2.15. The number of halogens is 3. The zero-order chi connectivity index (χ0) is 24.3. The van der Waals surface area contributed by atoms with Gasteiger partial charge in [-0.2, -0.15) is 23.4 Å². The van der Waals surface area contributed by atoms with E-state index in [1.165, 1.54) is 10.9 Å². The summed E-state index contributed by atoms with van der Waals surface area (Å²) in [6, 6.07) is 15.8. The third-order valence-electron chi connectivity index (χ3n) is 5.46. The first-order chi connectivity index (χ1) is 16.2. The van der Waals surface area contributed by atoms with Crippen LogP contribution in [-0.2, 0) is 26.2 Å². The maximum Gasteiger partial charge on any atom is 0.433 e. The van der Waals surface area contributed by atoms with Crippen molar-refractivity contribution in [1.82, 2.24) is 24.5 Å². The minimum absolute atomic E-state index is 0.411. The van der Waals surface area contributed by atoms with Crippen molar-refractivity contribution < 1.29 is 18.0 Å². The molecule has 5 rings (SSSR count). The molecule has 1 amide bonds. The highest BCUT2D eigenvalue weighted by Crippen LogP contribution is 2.30. The van der Waals surface area contributed by atoms with Gasteiger partial charge in [0.1, 0.15) is 11.4 Å². The van der Waals surface area contributed by atoms with Crippen molar-refractivity contribution in [3.8, 4) is 22.5 Å². The van der Waals surface area contributed by atoms with Crippen molar-refractivity contribution in [1.29, 1.82) is 0 Å². The van der Waals surface area contributed by atoms with E-state index in [1.807, 2.05) is 41.1 Å². The monoisotopic (exact) mass is 468 g/mol. The van der Waals surface area contributed by atoms with Crippen LogP contribution in [0.2, 0.25) is 0 Å². The number of benzene rings is 1. The molecule has 1 aliphatic heterocycles. The van der Waals surface area contributed by atoms with Crippen LogP contribution in [0.3, 0.4) is 0 Å². The molecule has 7 nitrogen and oxygen atoms in total. The zero-order valence-corrected chi connectivity index (χ0v) is 18.5. The second-order valence-corrected chi connectivity index (χ2v) is 7.90. The standard InChI is InChI=1S/C13H12F3N3.C11H11N3O/c14-13(15,16)12-7-9(4-5-17-12)11-8-10-3-1-2-6-19(10)18-11;1-14-10(11(12)15)7-9(13-14)8-5-3-2-4-6-8/h4-5,7-8H,1-3,6H2;2-7H,1H3,(H2,12,15). The van der Waals surface area contributed by atoms with Gasteiger partial charge in [0.25, 0.3) is 5.91 Å². The predicted molar refractivity (Wildman–Crippen MR) is 121 cm³/mol. The molecular weight excluding hydrogens is 445 g/mol. The third kappa shape index (κ3) is 5.16. The molecule has 0 unspecified atom stereocenters. The van der Waals surface area contributed by atoms with Crippen LogP contribution in [0.5, 0.6) is 0 Å². The maximum atomic E-state index is 12.6. The number of carbonyl (C=O) groups is 1. The van der Waals surface area contributed by atoms with Crippen LogP contribution in [0.15, 0.2) is 60.8 Å². The summed E-state index contributed by atoms with van der Waals surface area (Å²) in [4.78, 5) is 14.4. The van der Waals surface area contributed by atoms with Crippen molar-refractivity contribution in [2.75, 3.05) is 0 Å². The average Bonchev–Trinajstić information content (AvgIpc) is 3.43. The smallest absolute Gasteiger partial charge is 0.364 e. The van der Waals surface area contributed by atoms with Gasteiger partial charge in [-0.05, 0) is 43.5 Å². The Labute approximate surface area is 194 Å². The summed E-state index contributed by atoms with van der Waals surface area (Å²) in [5.74, 6) is -0.466. The van der Waals surface area contributed by atoms with Crippen LogP contribution in [0.1, 0.15) is 34.7 Å². The van der Waals surface area contributed by atoms with Crippen molar-refractivity contribution >= 4 is 5.91 Å². The summed E-state index contributed by atoms with van der Waals surface area (Å²) in [5, 5.41) is 8.58. The second kappa shape index (κ2) is 9.50. The minimum Gasteiger partial charge on any atom is -0.364 e. The number of carbonyl (C=O) groups excluding carboxylic acids is 1. The molecule has 0 bridgehead atoms. The Morgan fingerprint density at radius 3 is 2.35 bits per heavy atom. The first-order valence-corrected chi connectivity index (χ1v) is 10.7. The van der Waals surface area contributed by atoms with Crippen molar-refractivity contribution in [2.45, 2.75) is 32.0 Å². The number of amides is 1. The summed E-state index contributed by atoms with van der Waals surface area (Å²) in [5.41, 5.74) is 8.61. The van der Waals surface area contributed by atoms with Gasteiger partial charge in [-0.25, -0.2) is 0 Å². The molecule has 1 aliphatic rings. The van der Waals surface area contributed by atoms with E-state index in [0.717, 1.165) is 48.8 Å². The summed E-state index contributed by atoms with van der Waals surface area (Å²) in [7, 11) is 1.70. The van der Waals surface area contributed by atoms with Gasteiger partial charge in [0.15, 0.2) is 0 Å². The van der Waals surface area contributed by atoms with Gasteiger partial charge in [0, 0.05) is 36.6 Å². The number of nitrogens with zero attached hydrogens (tertiary/aromatic N) is 5. The number of pyridine rings is 1. The molecule has 3 aromatic heterocycles. The van der Waals surface area contributed by atoms with Crippen molar-refractivity contribution in [2.24, 2.45) is 12.8 Å². The van der Waals surface area contributed by atoms with Crippen LogP contribution in [0, 0.1) is 0 Å². The van der Waals surface area contributed by atoms with E-state index in [0.29, 0.717) is 17.0 Å². The number of alkyl halides is 3. The molecule has 0 radical (unpaired) electrons. The molecule has 176 valence electrons. The van der Waals surface area contributed by atoms with Crippen LogP contribution in [0.25, 0.3) is 22.5 Å². The van der Waals surface area contributed by atoms with Crippen LogP contribution < -0.4 is 5.73 Å². The SMILES string of the molecule is Cn1nc(-c2ccccc2)cc1C(N)=O.FC(F)(F)c1cc(-c2cc3n(n2)CCCC3)ccn1. The number of hydrogen-bond donors (Lipinski definition) is 1. The van der Waals surface area contributed by atoms with Crippen LogP contribution >= 0.6 is 0 Å². The number of rotatable bonds is 3. The number of aromatic nitrogens is 5. The van der Waals surface area contributed by atoms with Gasteiger partial charge in [-0.15, -0.1) is 0 Å². The Bertz CT molecular complexity index is 1270. The number of nitrogens with two attached hydrogens (primary N) is 1. The number of hydrogen-bond acceptors (Lipinski definition) is 4. The van der Waals surface area contributed by atoms with Crippen molar-refractivity contribution in [3.05, 3.63) is 77.9 Å². The number of fused-ring (bicyclic) bond motifs is 1. The number of aryl methyl sites for hydroxylation is 3. The maximum absolute atomic E-state index is 12.6. The van der Waals surface area contributed by atoms with Gasteiger partial charge in [0.05, 0.1) is 11.4 Å². The molecule has 0 saturated heterocycles. The van der Waals surface area contributed by atoms with Crippen LogP contribution in [-0.4, -0.2) is 30.5 Å². The molecule has 0 atom stereocenters. The second-order valence-electron chi connectivity index (χ2n) is 7.90. The third-order valence-corrected chi connectivity index (χ3v) is 5.46. The minimum atomic E-state index is -4.42. The Balaban J connectivity index is 0.000000166. The summed E-state index contributed by atoms with van der Waals surface area (Å²) in [6.07, 6.45) is -0.135. The molecule has 0 saturated carbocycles. The molecule has 0 fully saturated rings. The average molecular weight is 468 g/mol. The summed E-state index contributed by atoms with van der Waals surface area (Å²) < 4.78 is 41.2. The first kappa shape index (κ1) is 23.2. The Hall–Kier alpha value is -3.95. The van der Waals surface area contributed by atoms with Gasteiger partial charge < -0.3 is 5.73 Å². The lowest BCUT2D eigenvalue weighted by Gasteiger charge is -2.11. The highest BCUT2D eigenvalue weighted by Gasteiger charge is 2.32. The molecule has 4 heterocycles. The fraction of sp³-hybridized carbons (Fsp3) is 0.250. The lowest BCUT2D eigenvalue weighted by atomic mass is 10.1. The van der Waals surface area contributed by atoms with Gasteiger partial charge in [0.2, 0.25) is 0 Å². The van der Waals surface area contributed by atoms with E-state index < -0.39 is 17.8 Å². The topological polar surface area (TPSA) is 91.6 Å². The molecule has 10 heteroatoms. The van der Waals surface area contributed by atoms with Gasteiger partial charge in [-0.1, -0.05) is 30.3 Å². The molecule has 4 aromatic rings. The molecular formula is C24H23F3N6O. The first-order valence-electron chi connectivity index (χ1n) is 10.7. The van der Waals surface area contributed by atoms with E-state index in [4.69, 9.17) is 5.73 Å². The normalized spacial score (nSPS) is 13.1. The van der Waals surface area contributed by atoms with E-state index in [2.05, 4.69) is 15.2 Å². The van der Waals surface area contributed by atoms with Crippen molar-refractivity contribution in [3.63, 3.8) is 0 Å². The fourth-order valence-corrected chi connectivity index (χ4v) is 3.75.